The maximum absolute atomic E-state index is 12.9. The lowest BCUT2D eigenvalue weighted by Crippen LogP contribution is -2.47. The van der Waals surface area contributed by atoms with Gasteiger partial charge in [-0.1, -0.05) is 31.9 Å². The van der Waals surface area contributed by atoms with Crippen molar-refractivity contribution in [1.29, 1.82) is 0 Å². The fourth-order valence-electron chi connectivity index (χ4n) is 5.96. The third kappa shape index (κ3) is 11.0. The number of anilines is 1. The predicted octanol–water partition coefficient (Wildman–Crippen LogP) is 2.75. The SMILES string of the molecule is CC12CCCC(OCCN(CCS(=O)(=O)O)C(=O)OCc3ccc(NC(=O)[C@@H](N)CCCNC(N)=O)cc3)(CCC1)C2. The van der Waals surface area contributed by atoms with Crippen LogP contribution >= 0.6 is 0 Å². The normalized spacial score (nSPS) is 22.5. The molecule has 0 saturated heterocycles. The summed E-state index contributed by atoms with van der Waals surface area (Å²) in [6.45, 7) is 2.71. The molecule has 4 amide bonds. The molecule has 2 aliphatic carbocycles. The van der Waals surface area contributed by atoms with Gasteiger partial charge in [-0.15, -0.1) is 0 Å². The molecule has 2 bridgehead atoms. The summed E-state index contributed by atoms with van der Waals surface area (Å²) in [6.07, 6.45) is 7.70. The Kier molecular flexibility index (Phi) is 12.0. The molecular formula is C28H45N5O8S. The first-order valence-electron chi connectivity index (χ1n) is 14.5. The molecule has 42 heavy (non-hydrogen) atoms. The number of carbonyl (C=O) groups excluding carboxylic acids is 3. The lowest BCUT2D eigenvalue weighted by Gasteiger charge is -2.50. The van der Waals surface area contributed by atoms with Crippen LogP contribution in [0.2, 0.25) is 0 Å². The first-order valence-corrected chi connectivity index (χ1v) is 16.1. The van der Waals surface area contributed by atoms with Gasteiger partial charge in [-0.2, -0.15) is 8.42 Å². The van der Waals surface area contributed by atoms with Crippen molar-refractivity contribution in [3.8, 4) is 0 Å². The number of nitrogens with zero attached hydrogens (tertiary/aromatic N) is 1. The molecular weight excluding hydrogens is 566 g/mol. The van der Waals surface area contributed by atoms with Gasteiger partial charge in [-0.05, 0) is 68.1 Å². The second kappa shape index (κ2) is 15.0. The zero-order valence-corrected chi connectivity index (χ0v) is 25.1. The Bertz CT molecular complexity index is 1170. The van der Waals surface area contributed by atoms with E-state index in [1.54, 1.807) is 24.3 Å². The van der Waals surface area contributed by atoms with Crippen molar-refractivity contribution in [2.24, 2.45) is 16.9 Å². The van der Waals surface area contributed by atoms with Crippen LogP contribution < -0.4 is 22.1 Å². The van der Waals surface area contributed by atoms with Crippen molar-refractivity contribution in [3.05, 3.63) is 29.8 Å². The standard InChI is InChI=1S/C28H45N5O8S/c1-27-10-3-12-28(20-27,13-4-11-27)41-17-15-33(16-18-42(37,38)39)26(36)40-19-21-6-8-22(9-7-21)32-24(34)23(29)5-2-14-31-25(30)35/h6-9,23H,2-5,10-20,29H2,1H3,(H,32,34)(H3,30,31,35)(H,37,38,39)/t23-,27?,28?/m0/s1. The summed E-state index contributed by atoms with van der Waals surface area (Å²) in [5.74, 6) is -0.987. The number of hydrogen-bond donors (Lipinski definition) is 5. The molecule has 0 unspecified atom stereocenters. The average molecular weight is 612 g/mol. The number of fused-ring (bicyclic) bond motifs is 2. The summed E-state index contributed by atoms with van der Waals surface area (Å²) in [6, 6.07) is 5.25. The van der Waals surface area contributed by atoms with E-state index in [4.69, 9.17) is 20.9 Å². The molecule has 236 valence electrons. The molecule has 7 N–H and O–H groups in total. The molecule has 14 heteroatoms. The highest BCUT2D eigenvalue weighted by atomic mass is 32.2. The van der Waals surface area contributed by atoms with E-state index in [1.807, 2.05) is 0 Å². The smallest absolute Gasteiger partial charge is 0.410 e. The van der Waals surface area contributed by atoms with Crippen LogP contribution in [0.15, 0.2) is 24.3 Å². The minimum Gasteiger partial charge on any atom is -0.445 e. The van der Waals surface area contributed by atoms with Crippen molar-refractivity contribution in [2.45, 2.75) is 83.0 Å². The zero-order valence-electron chi connectivity index (χ0n) is 24.3. The first-order chi connectivity index (χ1) is 19.8. The maximum Gasteiger partial charge on any atom is 0.410 e. The van der Waals surface area contributed by atoms with E-state index in [1.165, 1.54) is 17.7 Å². The summed E-state index contributed by atoms with van der Waals surface area (Å²) in [7, 11) is -4.27. The number of urea groups is 1. The number of nitrogens with two attached hydrogens (primary N) is 2. The quantitative estimate of drug-likeness (QED) is 0.146. The Hall–Kier alpha value is -2.94. The van der Waals surface area contributed by atoms with Gasteiger partial charge >= 0.3 is 12.1 Å². The van der Waals surface area contributed by atoms with E-state index >= 15 is 0 Å². The average Bonchev–Trinajstić information content (AvgIpc) is 2.91. The monoisotopic (exact) mass is 611 g/mol. The van der Waals surface area contributed by atoms with Gasteiger partial charge in [-0.3, -0.25) is 9.35 Å². The van der Waals surface area contributed by atoms with Gasteiger partial charge in [0.2, 0.25) is 5.91 Å². The van der Waals surface area contributed by atoms with E-state index in [0.29, 0.717) is 30.6 Å². The number of benzene rings is 1. The van der Waals surface area contributed by atoms with Crippen molar-refractivity contribution in [3.63, 3.8) is 0 Å². The number of rotatable bonds is 15. The largest absolute Gasteiger partial charge is 0.445 e. The van der Waals surface area contributed by atoms with Crippen molar-refractivity contribution >= 4 is 33.8 Å². The van der Waals surface area contributed by atoms with Gasteiger partial charge in [0.05, 0.1) is 24.0 Å². The third-order valence-corrected chi connectivity index (χ3v) is 8.83. The molecule has 1 aromatic rings. The highest BCUT2D eigenvalue weighted by Crippen LogP contribution is 2.52. The minimum absolute atomic E-state index is 0.0784. The third-order valence-electron chi connectivity index (χ3n) is 8.13. The van der Waals surface area contributed by atoms with E-state index in [9.17, 15) is 27.4 Å². The maximum atomic E-state index is 12.9. The molecule has 0 aromatic heterocycles. The predicted molar refractivity (Wildman–Crippen MR) is 157 cm³/mol. The molecule has 2 fully saturated rings. The van der Waals surface area contributed by atoms with Crippen molar-refractivity contribution < 1.29 is 36.8 Å². The van der Waals surface area contributed by atoms with Crippen molar-refractivity contribution in [1.82, 2.24) is 10.2 Å². The molecule has 2 aliphatic rings. The summed E-state index contributed by atoms with van der Waals surface area (Å²) in [4.78, 5) is 37.1. The van der Waals surface area contributed by atoms with Crippen LogP contribution in [0.4, 0.5) is 15.3 Å². The second-order valence-electron chi connectivity index (χ2n) is 11.8. The Morgan fingerprint density at radius 1 is 1.10 bits per heavy atom. The molecule has 13 nitrogen and oxygen atoms in total. The van der Waals surface area contributed by atoms with Crippen LogP contribution in [-0.2, 0) is 31.0 Å². The van der Waals surface area contributed by atoms with Gasteiger partial charge in [0.15, 0.2) is 0 Å². The van der Waals surface area contributed by atoms with Gasteiger partial charge in [0.25, 0.3) is 10.1 Å². The number of hydrogen-bond acceptors (Lipinski definition) is 8. The van der Waals surface area contributed by atoms with Crippen LogP contribution in [0.25, 0.3) is 0 Å². The molecule has 0 radical (unpaired) electrons. The van der Waals surface area contributed by atoms with Gasteiger partial charge in [0.1, 0.15) is 6.61 Å². The lowest BCUT2D eigenvalue weighted by molar-refractivity contribution is -0.130. The Balaban J connectivity index is 1.48. The number of primary amides is 1. The number of amides is 4. The highest BCUT2D eigenvalue weighted by Gasteiger charge is 2.46. The van der Waals surface area contributed by atoms with E-state index in [0.717, 1.165) is 32.1 Å². The highest BCUT2D eigenvalue weighted by molar-refractivity contribution is 7.85. The zero-order chi connectivity index (χ0) is 30.8. The van der Waals surface area contributed by atoms with Crippen LogP contribution in [0.5, 0.6) is 0 Å². The first kappa shape index (κ1) is 33.6. The summed E-state index contributed by atoms with van der Waals surface area (Å²) in [5, 5.41) is 5.15. The lowest BCUT2D eigenvalue weighted by atomic mass is 9.61. The van der Waals surface area contributed by atoms with E-state index < -0.39 is 34.0 Å². The van der Waals surface area contributed by atoms with E-state index in [-0.39, 0.29) is 43.2 Å². The van der Waals surface area contributed by atoms with Crippen molar-refractivity contribution in [2.75, 3.05) is 37.3 Å². The summed E-state index contributed by atoms with van der Waals surface area (Å²) < 4.78 is 43.7. The Morgan fingerprint density at radius 3 is 2.38 bits per heavy atom. The summed E-state index contributed by atoms with van der Waals surface area (Å²) in [5.41, 5.74) is 12.1. The fourth-order valence-corrected chi connectivity index (χ4v) is 6.42. The molecule has 1 aromatic carbocycles. The van der Waals surface area contributed by atoms with Crippen LogP contribution in [0, 0.1) is 5.41 Å². The van der Waals surface area contributed by atoms with Gasteiger partial charge in [0, 0.05) is 25.3 Å². The topological polar surface area (TPSA) is 203 Å². The fraction of sp³-hybridized carbons (Fsp3) is 0.679. The minimum atomic E-state index is -4.27. The Labute approximate surface area is 247 Å². The second-order valence-corrected chi connectivity index (χ2v) is 13.4. The van der Waals surface area contributed by atoms with Crippen LogP contribution in [-0.4, -0.2) is 79.5 Å². The van der Waals surface area contributed by atoms with Crippen LogP contribution in [0.1, 0.15) is 70.3 Å². The molecule has 2 saturated carbocycles. The van der Waals surface area contributed by atoms with E-state index in [2.05, 4.69) is 17.6 Å². The Morgan fingerprint density at radius 2 is 1.76 bits per heavy atom. The van der Waals surface area contributed by atoms with Gasteiger partial charge < -0.3 is 36.5 Å². The molecule has 1 atom stereocenters. The molecule has 0 spiro atoms. The molecule has 0 heterocycles. The van der Waals surface area contributed by atoms with Crippen LogP contribution in [0.3, 0.4) is 0 Å². The number of nitrogens with one attached hydrogen (secondary N) is 2. The molecule has 3 rings (SSSR count). The van der Waals surface area contributed by atoms with Gasteiger partial charge in [-0.25, -0.2) is 9.59 Å². The molecule has 0 aliphatic heterocycles. The number of carbonyl (C=O) groups is 3. The number of ether oxygens (including phenoxy) is 2. The summed E-state index contributed by atoms with van der Waals surface area (Å²) >= 11 is 0.